The van der Waals surface area contributed by atoms with Crippen LogP contribution in [0.2, 0.25) is 0 Å². The molecule has 1 aromatic carbocycles. The number of amides is 2. The van der Waals surface area contributed by atoms with Gasteiger partial charge in [0.05, 0.1) is 5.56 Å². The number of aromatic carboxylic acids is 1. The van der Waals surface area contributed by atoms with Crippen LogP contribution in [-0.4, -0.2) is 53.3 Å². The van der Waals surface area contributed by atoms with Gasteiger partial charge in [-0.05, 0) is 36.1 Å². The highest BCUT2D eigenvalue weighted by Crippen LogP contribution is 2.21. The van der Waals surface area contributed by atoms with E-state index in [9.17, 15) is 14.4 Å². The normalized spacial score (nSPS) is 13.4. The monoisotopic (exact) mass is 318 g/mol. The molecule has 0 radical (unpaired) electrons. The molecule has 6 nitrogen and oxygen atoms in total. The summed E-state index contributed by atoms with van der Waals surface area (Å²) >= 11 is 0. The van der Waals surface area contributed by atoms with Crippen molar-refractivity contribution in [2.75, 3.05) is 20.6 Å². The first-order valence-corrected chi connectivity index (χ1v) is 7.71. The third-order valence-corrected chi connectivity index (χ3v) is 4.10. The Morgan fingerprint density at radius 1 is 1.17 bits per heavy atom. The summed E-state index contributed by atoms with van der Waals surface area (Å²) in [7, 11) is 3.40. The number of fused-ring (bicyclic) bond motifs is 1. The van der Waals surface area contributed by atoms with Crippen LogP contribution in [0.5, 0.6) is 0 Å². The van der Waals surface area contributed by atoms with Crippen molar-refractivity contribution >= 4 is 17.8 Å². The van der Waals surface area contributed by atoms with Gasteiger partial charge in [-0.1, -0.05) is 6.07 Å². The third-order valence-electron chi connectivity index (χ3n) is 4.10. The van der Waals surface area contributed by atoms with Gasteiger partial charge in [-0.25, -0.2) is 4.79 Å². The summed E-state index contributed by atoms with van der Waals surface area (Å²) in [6.07, 6.45) is 1.98. The summed E-state index contributed by atoms with van der Waals surface area (Å²) in [5.74, 6) is -0.922. The Morgan fingerprint density at radius 2 is 1.91 bits per heavy atom. The molecule has 0 saturated heterocycles. The maximum atomic E-state index is 12.3. The molecule has 0 saturated carbocycles. The quantitative estimate of drug-likeness (QED) is 0.893. The number of carbonyl (C=O) groups is 3. The lowest BCUT2D eigenvalue weighted by molar-refractivity contribution is -0.132. The molecule has 1 aliphatic heterocycles. The number of hydrogen-bond acceptors (Lipinski definition) is 3. The number of carboxylic acids is 1. The molecule has 23 heavy (non-hydrogen) atoms. The van der Waals surface area contributed by atoms with Crippen molar-refractivity contribution in [3.63, 3.8) is 0 Å². The Morgan fingerprint density at radius 3 is 2.57 bits per heavy atom. The van der Waals surface area contributed by atoms with Crippen LogP contribution in [0.15, 0.2) is 18.2 Å². The fourth-order valence-electron chi connectivity index (χ4n) is 2.68. The number of nitrogens with zero attached hydrogens (tertiary/aromatic N) is 2. The second-order valence-corrected chi connectivity index (χ2v) is 6.00. The molecule has 0 atom stereocenters. The Bertz CT molecular complexity index is 625. The summed E-state index contributed by atoms with van der Waals surface area (Å²) in [6.45, 7) is 1.08. The molecule has 1 aromatic rings. The summed E-state index contributed by atoms with van der Waals surface area (Å²) < 4.78 is 0. The van der Waals surface area contributed by atoms with E-state index in [1.54, 1.807) is 31.1 Å². The molecule has 0 aromatic heterocycles. The van der Waals surface area contributed by atoms with Crippen LogP contribution in [0.1, 0.15) is 40.7 Å². The number of benzene rings is 1. The van der Waals surface area contributed by atoms with Crippen molar-refractivity contribution in [3.8, 4) is 0 Å². The lowest BCUT2D eigenvalue weighted by Gasteiger charge is -2.29. The Labute approximate surface area is 135 Å². The van der Waals surface area contributed by atoms with Gasteiger partial charge in [0.2, 0.25) is 11.8 Å². The minimum Gasteiger partial charge on any atom is -0.478 e. The Balaban J connectivity index is 1.93. The highest BCUT2D eigenvalue weighted by Gasteiger charge is 2.21. The number of rotatable bonds is 5. The van der Waals surface area contributed by atoms with Gasteiger partial charge in [0.15, 0.2) is 0 Å². The minimum absolute atomic E-state index is 0.0166. The van der Waals surface area contributed by atoms with Crippen molar-refractivity contribution in [2.24, 2.45) is 0 Å². The number of carbonyl (C=O) groups excluding carboxylic acids is 2. The van der Waals surface area contributed by atoms with Gasteiger partial charge in [-0.2, -0.15) is 0 Å². The van der Waals surface area contributed by atoms with E-state index in [1.807, 2.05) is 6.07 Å². The highest BCUT2D eigenvalue weighted by molar-refractivity contribution is 5.88. The molecule has 0 fully saturated rings. The van der Waals surface area contributed by atoms with Crippen molar-refractivity contribution in [1.82, 2.24) is 9.80 Å². The Kier molecular flexibility index (Phi) is 5.36. The molecule has 1 N–H and O–H groups in total. The van der Waals surface area contributed by atoms with Crippen molar-refractivity contribution in [1.29, 1.82) is 0 Å². The minimum atomic E-state index is -0.960. The summed E-state index contributed by atoms with van der Waals surface area (Å²) in [6, 6.07) is 5.08. The number of hydrogen-bond donors (Lipinski definition) is 1. The molecule has 0 spiro atoms. The summed E-state index contributed by atoms with van der Waals surface area (Å²) in [4.78, 5) is 38.1. The molecule has 2 rings (SSSR count). The number of carboxylic acid groups (broad SMARTS) is 1. The van der Waals surface area contributed by atoms with Gasteiger partial charge in [-0.3, -0.25) is 9.59 Å². The first-order chi connectivity index (χ1) is 10.9. The highest BCUT2D eigenvalue weighted by atomic mass is 16.4. The van der Waals surface area contributed by atoms with E-state index >= 15 is 0 Å². The molecule has 0 unspecified atom stereocenters. The lowest BCUT2D eigenvalue weighted by atomic mass is 9.97. The molecule has 0 bridgehead atoms. The van der Waals surface area contributed by atoms with Crippen LogP contribution in [-0.2, 0) is 22.6 Å². The summed E-state index contributed by atoms with van der Waals surface area (Å²) in [5, 5.41) is 9.06. The zero-order valence-corrected chi connectivity index (χ0v) is 13.5. The van der Waals surface area contributed by atoms with Gasteiger partial charge >= 0.3 is 5.97 Å². The first kappa shape index (κ1) is 17.0. The largest absolute Gasteiger partial charge is 0.478 e. The molecule has 0 aliphatic carbocycles. The van der Waals surface area contributed by atoms with Crippen LogP contribution in [0.3, 0.4) is 0 Å². The molecule has 1 aliphatic rings. The first-order valence-electron chi connectivity index (χ1n) is 7.71. The van der Waals surface area contributed by atoms with Gasteiger partial charge < -0.3 is 14.9 Å². The predicted molar refractivity (Wildman–Crippen MR) is 85.1 cm³/mol. The maximum absolute atomic E-state index is 12.3. The van der Waals surface area contributed by atoms with E-state index in [4.69, 9.17) is 5.11 Å². The zero-order chi connectivity index (χ0) is 17.0. The van der Waals surface area contributed by atoms with Crippen LogP contribution in [0, 0.1) is 0 Å². The van der Waals surface area contributed by atoms with E-state index in [2.05, 4.69) is 0 Å². The fraction of sp³-hybridized carbons (Fsp3) is 0.471. The van der Waals surface area contributed by atoms with Crippen LogP contribution in [0.25, 0.3) is 0 Å². The second kappa shape index (κ2) is 7.26. The van der Waals surface area contributed by atoms with Gasteiger partial charge in [0.1, 0.15) is 0 Å². The van der Waals surface area contributed by atoms with Crippen molar-refractivity contribution < 1.29 is 19.5 Å². The van der Waals surface area contributed by atoms with Crippen LogP contribution < -0.4 is 0 Å². The van der Waals surface area contributed by atoms with Gasteiger partial charge in [0.25, 0.3) is 0 Å². The average molecular weight is 318 g/mol. The SMILES string of the molecule is CN(C)C(=O)CCCC(=O)N1CCc2ccc(C(=O)O)cc2C1. The molecule has 2 amide bonds. The smallest absolute Gasteiger partial charge is 0.335 e. The third kappa shape index (κ3) is 4.31. The van der Waals surface area contributed by atoms with E-state index in [0.717, 1.165) is 17.5 Å². The predicted octanol–water partition coefficient (Wildman–Crippen LogP) is 1.53. The van der Waals surface area contributed by atoms with E-state index in [0.29, 0.717) is 32.4 Å². The van der Waals surface area contributed by atoms with Crippen molar-refractivity contribution in [3.05, 3.63) is 34.9 Å². The molecular weight excluding hydrogens is 296 g/mol. The average Bonchev–Trinajstić information content (AvgIpc) is 2.53. The van der Waals surface area contributed by atoms with Gasteiger partial charge in [-0.15, -0.1) is 0 Å². The van der Waals surface area contributed by atoms with E-state index < -0.39 is 5.97 Å². The Hall–Kier alpha value is -2.37. The molecule has 1 heterocycles. The molecule has 6 heteroatoms. The van der Waals surface area contributed by atoms with E-state index in [-0.39, 0.29) is 17.4 Å². The lowest BCUT2D eigenvalue weighted by Crippen LogP contribution is -2.36. The molecular formula is C17H22N2O4. The van der Waals surface area contributed by atoms with Crippen molar-refractivity contribution in [2.45, 2.75) is 32.2 Å². The molecule has 124 valence electrons. The second-order valence-electron chi connectivity index (χ2n) is 6.00. The summed E-state index contributed by atoms with van der Waals surface area (Å²) in [5.41, 5.74) is 2.24. The zero-order valence-electron chi connectivity index (χ0n) is 13.5. The van der Waals surface area contributed by atoms with Gasteiger partial charge in [0, 0.05) is 40.0 Å². The van der Waals surface area contributed by atoms with Crippen LogP contribution in [0.4, 0.5) is 0 Å². The maximum Gasteiger partial charge on any atom is 0.335 e. The fourth-order valence-corrected chi connectivity index (χ4v) is 2.68. The standard InChI is InChI=1S/C17H22N2O4/c1-18(2)15(20)4-3-5-16(21)19-9-8-12-6-7-13(17(22)23)10-14(12)11-19/h6-7,10H,3-5,8-9,11H2,1-2H3,(H,22,23). The topological polar surface area (TPSA) is 77.9 Å². The van der Waals surface area contributed by atoms with E-state index in [1.165, 1.54) is 4.90 Å². The van der Waals surface area contributed by atoms with Crippen LogP contribution >= 0.6 is 0 Å².